The zero-order valence-corrected chi connectivity index (χ0v) is 19.3. The third kappa shape index (κ3) is 3.55. The number of methoxy groups -OCH3 is 2. The average molecular weight is 427 g/mol. The molecule has 2 aliphatic heterocycles. The van der Waals surface area contributed by atoms with Gasteiger partial charge in [-0.2, -0.15) is 0 Å². The number of rotatable bonds is 4. The Kier molecular flexibility index (Phi) is 5.28. The molecular formula is C26H36NO4+. The number of ether oxygens (including phenoxy) is 3. The Bertz CT molecular complexity index is 909. The van der Waals surface area contributed by atoms with Crippen molar-refractivity contribution in [2.45, 2.75) is 58.6 Å². The van der Waals surface area contributed by atoms with Crippen molar-refractivity contribution in [2.24, 2.45) is 23.2 Å². The van der Waals surface area contributed by atoms with Crippen LogP contribution in [0.5, 0.6) is 11.5 Å². The molecule has 0 amide bonds. The molecule has 2 heterocycles. The summed E-state index contributed by atoms with van der Waals surface area (Å²) < 4.78 is 17.0. The van der Waals surface area contributed by atoms with Crippen LogP contribution < -0.4 is 14.4 Å². The molecule has 2 fully saturated rings. The summed E-state index contributed by atoms with van der Waals surface area (Å²) in [6.45, 7) is 7.56. The number of hydrogen-bond donors (Lipinski definition) is 1. The Morgan fingerprint density at radius 3 is 2.68 bits per heavy atom. The maximum absolute atomic E-state index is 12.9. The number of quaternary nitrogens is 1. The zero-order valence-electron chi connectivity index (χ0n) is 19.3. The Morgan fingerprint density at radius 1 is 1.19 bits per heavy atom. The summed E-state index contributed by atoms with van der Waals surface area (Å²) in [6, 6.07) is 4.22. The van der Waals surface area contributed by atoms with E-state index >= 15 is 0 Å². The summed E-state index contributed by atoms with van der Waals surface area (Å²) in [5.74, 6) is 2.46. The van der Waals surface area contributed by atoms with E-state index in [1.807, 2.05) is 0 Å². The minimum absolute atomic E-state index is 0.0205. The number of esters is 1. The van der Waals surface area contributed by atoms with Crippen molar-refractivity contribution < 1.29 is 23.9 Å². The van der Waals surface area contributed by atoms with Gasteiger partial charge in [0.1, 0.15) is 18.6 Å². The fourth-order valence-electron chi connectivity index (χ4n) is 6.80. The SMILES string of the molecule is COc1cc2c(cc1OC)C[NH+](C[C@@H]1C(=O)O[C@@H]3C[C@@]4(C)CCC[C@H](C)C4=C[C@H]13)CC2. The molecule has 0 bridgehead atoms. The number of benzene rings is 1. The first-order chi connectivity index (χ1) is 14.9. The van der Waals surface area contributed by atoms with Crippen molar-refractivity contribution in [3.8, 4) is 11.5 Å². The molecule has 1 saturated carbocycles. The maximum Gasteiger partial charge on any atom is 0.315 e. The van der Waals surface area contributed by atoms with Gasteiger partial charge >= 0.3 is 5.97 Å². The molecule has 1 aromatic rings. The summed E-state index contributed by atoms with van der Waals surface area (Å²) in [5, 5.41) is 0. The van der Waals surface area contributed by atoms with Gasteiger partial charge in [-0.15, -0.1) is 0 Å². The Morgan fingerprint density at radius 2 is 1.94 bits per heavy atom. The number of hydrogen-bond acceptors (Lipinski definition) is 4. The normalized spacial score (nSPS) is 36.6. The lowest BCUT2D eigenvalue weighted by molar-refractivity contribution is -0.918. The van der Waals surface area contributed by atoms with E-state index in [9.17, 15) is 4.79 Å². The van der Waals surface area contributed by atoms with Crippen molar-refractivity contribution in [3.63, 3.8) is 0 Å². The molecule has 0 radical (unpaired) electrons. The number of carbonyl (C=O) groups is 1. The Hall–Kier alpha value is -2.01. The highest BCUT2D eigenvalue weighted by molar-refractivity contribution is 5.76. The van der Waals surface area contributed by atoms with E-state index < -0.39 is 0 Å². The van der Waals surface area contributed by atoms with Crippen molar-refractivity contribution in [2.75, 3.05) is 27.3 Å². The molecule has 168 valence electrons. The molecular weight excluding hydrogens is 390 g/mol. The third-order valence-electron chi connectivity index (χ3n) is 8.48. The van der Waals surface area contributed by atoms with Gasteiger partial charge in [-0.25, -0.2) is 0 Å². The second kappa shape index (κ2) is 7.84. The second-order valence-electron chi connectivity index (χ2n) is 10.4. The molecule has 2 aliphatic carbocycles. The minimum atomic E-state index is -0.0205. The molecule has 1 aromatic carbocycles. The van der Waals surface area contributed by atoms with Crippen LogP contribution >= 0.6 is 0 Å². The molecule has 31 heavy (non-hydrogen) atoms. The summed E-state index contributed by atoms with van der Waals surface area (Å²) >= 11 is 0. The van der Waals surface area contributed by atoms with Gasteiger partial charge in [-0.1, -0.05) is 31.9 Å². The van der Waals surface area contributed by atoms with Gasteiger partial charge in [0, 0.05) is 17.9 Å². The second-order valence-corrected chi connectivity index (χ2v) is 10.4. The average Bonchev–Trinajstić information content (AvgIpc) is 3.04. The molecule has 1 unspecified atom stereocenters. The van der Waals surface area contributed by atoms with Gasteiger partial charge in [0.2, 0.25) is 0 Å². The first-order valence-electron chi connectivity index (χ1n) is 11.9. The predicted molar refractivity (Wildman–Crippen MR) is 118 cm³/mol. The van der Waals surface area contributed by atoms with Crippen LogP contribution in [0.1, 0.15) is 50.7 Å². The van der Waals surface area contributed by atoms with E-state index in [4.69, 9.17) is 14.2 Å². The Balaban J connectivity index is 1.35. The fraction of sp³-hybridized carbons (Fsp3) is 0.654. The number of carbonyl (C=O) groups excluding carboxylic acids is 1. The highest BCUT2D eigenvalue weighted by atomic mass is 16.6. The van der Waals surface area contributed by atoms with Crippen LogP contribution in [-0.4, -0.2) is 39.4 Å². The largest absolute Gasteiger partial charge is 0.493 e. The van der Waals surface area contributed by atoms with Crippen molar-refractivity contribution in [1.82, 2.24) is 0 Å². The van der Waals surface area contributed by atoms with Crippen LogP contribution in [0.4, 0.5) is 0 Å². The summed E-state index contributed by atoms with van der Waals surface area (Å²) in [6.07, 6.45) is 8.33. The number of allylic oxidation sites excluding steroid dienone is 1. The van der Waals surface area contributed by atoms with E-state index in [-0.39, 0.29) is 29.3 Å². The van der Waals surface area contributed by atoms with Gasteiger partial charge in [0.15, 0.2) is 11.5 Å². The topological polar surface area (TPSA) is 49.2 Å². The molecule has 5 rings (SSSR count). The first-order valence-corrected chi connectivity index (χ1v) is 11.9. The minimum Gasteiger partial charge on any atom is -0.493 e. The van der Waals surface area contributed by atoms with Crippen molar-refractivity contribution in [3.05, 3.63) is 34.9 Å². The van der Waals surface area contributed by atoms with Crippen LogP contribution in [-0.2, 0) is 22.5 Å². The van der Waals surface area contributed by atoms with E-state index in [2.05, 4.69) is 32.1 Å². The maximum atomic E-state index is 12.9. The van der Waals surface area contributed by atoms with Gasteiger partial charge in [-0.05, 0) is 48.3 Å². The van der Waals surface area contributed by atoms with Crippen LogP contribution in [0.25, 0.3) is 0 Å². The van der Waals surface area contributed by atoms with E-state index in [0.717, 1.165) is 44.0 Å². The molecule has 5 nitrogen and oxygen atoms in total. The number of nitrogens with one attached hydrogen (secondary N) is 1. The van der Waals surface area contributed by atoms with Gasteiger partial charge < -0.3 is 19.1 Å². The lowest BCUT2D eigenvalue weighted by atomic mass is 9.59. The van der Waals surface area contributed by atoms with Crippen LogP contribution in [0.3, 0.4) is 0 Å². The van der Waals surface area contributed by atoms with Crippen molar-refractivity contribution >= 4 is 5.97 Å². The highest BCUT2D eigenvalue weighted by Crippen LogP contribution is 2.53. The van der Waals surface area contributed by atoms with E-state index in [1.165, 1.54) is 35.3 Å². The lowest BCUT2D eigenvalue weighted by Crippen LogP contribution is -3.12. The van der Waals surface area contributed by atoms with Crippen LogP contribution in [0.2, 0.25) is 0 Å². The van der Waals surface area contributed by atoms with Gasteiger partial charge in [0.05, 0.1) is 27.3 Å². The zero-order chi connectivity index (χ0) is 21.8. The fourth-order valence-corrected chi connectivity index (χ4v) is 6.80. The van der Waals surface area contributed by atoms with E-state index in [0.29, 0.717) is 5.92 Å². The molecule has 0 spiro atoms. The molecule has 6 atom stereocenters. The van der Waals surface area contributed by atoms with Crippen LogP contribution in [0, 0.1) is 23.2 Å². The standard InChI is InChI=1S/C26H35NO4/c1-16-6-5-8-26(2)13-24-19(12-21(16)26)20(25(28)31-24)15-27-9-7-17-10-22(29-3)23(30-4)11-18(17)14-27/h10-12,16,19-20,24H,5-9,13-15H2,1-4H3/p+1/t16-,19+,20-,24+,26+/m0/s1. The summed E-state index contributed by atoms with van der Waals surface area (Å²) in [7, 11) is 3.37. The monoisotopic (exact) mass is 426 g/mol. The van der Waals surface area contributed by atoms with E-state index in [1.54, 1.807) is 19.8 Å². The van der Waals surface area contributed by atoms with Crippen LogP contribution in [0.15, 0.2) is 23.8 Å². The van der Waals surface area contributed by atoms with Gasteiger partial charge in [0.25, 0.3) is 0 Å². The summed E-state index contributed by atoms with van der Waals surface area (Å²) in [5.41, 5.74) is 4.46. The molecule has 5 heteroatoms. The lowest BCUT2D eigenvalue weighted by Gasteiger charge is -2.46. The molecule has 4 aliphatic rings. The molecule has 1 N–H and O–H groups in total. The third-order valence-corrected chi connectivity index (χ3v) is 8.48. The smallest absolute Gasteiger partial charge is 0.315 e. The Labute approximate surface area is 185 Å². The first kappa shape index (κ1) is 20.9. The predicted octanol–water partition coefficient (Wildman–Crippen LogP) is 2.96. The highest BCUT2D eigenvalue weighted by Gasteiger charge is 2.52. The molecule has 0 aromatic heterocycles. The quantitative estimate of drug-likeness (QED) is 0.594. The number of fused-ring (bicyclic) bond motifs is 3. The summed E-state index contributed by atoms with van der Waals surface area (Å²) in [4.78, 5) is 14.4. The van der Waals surface area contributed by atoms with Crippen molar-refractivity contribution in [1.29, 1.82) is 0 Å². The molecule has 1 saturated heterocycles. The van der Waals surface area contributed by atoms with Gasteiger partial charge in [-0.3, -0.25) is 4.79 Å².